The SMILES string of the molecule is Cc1ccc(S(=O)(=O)n2cc(B(O)O)c3cc(Br)ccc32)cc1. The van der Waals surface area contributed by atoms with Crippen molar-refractivity contribution in [2.24, 2.45) is 0 Å². The molecule has 0 aliphatic heterocycles. The lowest BCUT2D eigenvalue weighted by atomic mass is 9.80. The van der Waals surface area contributed by atoms with Gasteiger partial charge in [0.1, 0.15) is 0 Å². The molecule has 5 nitrogen and oxygen atoms in total. The van der Waals surface area contributed by atoms with Gasteiger partial charge < -0.3 is 10.0 Å². The molecule has 0 bridgehead atoms. The summed E-state index contributed by atoms with van der Waals surface area (Å²) in [5.41, 5.74) is 1.48. The van der Waals surface area contributed by atoms with Crippen molar-refractivity contribution in [2.45, 2.75) is 11.8 Å². The maximum atomic E-state index is 12.9. The summed E-state index contributed by atoms with van der Waals surface area (Å²) in [5, 5.41) is 19.5. The fourth-order valence-electron chi connectivity index (χ4n) is 2.43. The van der Waals surface area contributed by atoms with Gasteiger partial charge in [0.25, 0.3) is 10.0 Å². The van der Waals surface area contributed by atoms with Gasteiger partial charge >= 0.3 is 7.12 Å². The third kappa shape index (κ3) is 2.83. The number of hydrogen-bond acceptors (Lipinski definition) is 4. The van der Waals surface area contributed by atoms with E-state index in [0.717, 1.165) is 14.0 Å². The summed E-state index contributed by atoms with van der Waals surface area (Å²) in [7, 11) is -5.59. The molecule has 0 aliphatic carbocycles. The third-order valence-electron chi connectivity index (χ3n) is 3.62. The minimum absolute atomic E-state index is 0.136. The molecule has 0 atom stereocenters. The molecule has 118 valence electrons. The number of halogens is 1. The van der Waals surface area contributed by atoms with Gasteiger partial charge in [0, 0.05) is 21.5 Å². The highest BCUT2D eigenvalue weighted by Gasteiger charge is 2.25. The van der Waals surface area contributed by atoms with E-state index in [1.54, 1.807) is 30.3 Å². The van der Waals surface area contributed by atoms with Crippen molar-refractivity contribution in [2.75, 3.05) is 0 Å². The van der Waals surface area contributed by atoms with Crippen LogP contribution < -0.4 is 5.46 Å². The van der Waals surface area contributed by atoms with E-state index in [0.29, 0.717) is 10.9 Å². The summed E-state index contributed by atoms with van der Waals surface area (Å²) in [6, 6.07) is 11.5. The molecule has 0 fully saturated rings. The molecule has 0 saturated heterocycles. The molecule has 23 heavy (non-hydrogen) atoms. The first-order valence-corrected chi connectivity index (χ1v) is 9.03. The monoisotopic (exact) mass is 393 g/mol. The maximum absolute atomic E-state index is 12.9. The van der Waals surface area contributed by atoms with Crippen LogP contribution >= 0.6 is 15.9 Å². The zero-order chi connectivity index (χ0) is 16.8. The summed E-state index contributed by atoms with van der Waals surface area (Å²) in [5.74, 6) is 0. The molecule has 8 heteroatoms. The first kappa shape index (κ1) is 16.3. The second-order valence-corrected chi connectivity index (χ2v) is 7.96. The highest BCUT2D eigenvalue weighted by Crippen LogP contribution is 2.24. The fourth-order valence-corrected chi connectivity index (χ4v) is 4.16. The van der Waals surface area contributed by atoms with Gasteiger partial charge in [-0.3, -0.25) is 0 Å². The zero-order valence-electron chi connectivity index (χ0n) is 12.1. The van der Waals surface area contributed by atoms with Gasteiger partial charge in [-0.2, -0.15) is 0 Å². The number of benzene rings is 2. The van der Waals surface area contributed by atoms with E-state index in [-0.39, 0.29) is 10.4 Å². The van der Waals surface area contributed by atoms with Crippen LogP contribution in [0.2, 0.25) is 0 Å². The Morgan fingerprint density at radius 2 is 1.74 bits per heavy atom. The van der Waals surface area contributed by atoms with E-state index in [1.165, 1.54) is 18.3 Å². The molecule has 0 saturated carbocycles. The lowest BCUT2D eigenvalue weighted by Gasteiger charge is -2.08. The van der Waals surface area contributed by atoms with E-state index in [9.17, 15) is 18.5 Å². The molecule has 0 radical (unpaired) electrons. The maximum Gasteiger partial charge on any atom is 0.490 e. The fraction of sp³-hybridized carbons (Fsp3) is 0.0667. The normalized spacial score (nSPS) is 11.8. The molecule has 1 heterocycles. The van der Waals surface area contributed by atoms with Crippen LogP contribution in [0.1, 0.15) is 5.56 Å². The van der Waals surface area contributed by atoms with Gasteiger partial charge in [0.15, 0.2) is 0 Å². The van der Waals surface area contributed by atoms with Crippen molar-refractivity contribution < 1.29 is 18.5 Å². The van der Waals surface area contributed by atoms with Crippen molar-refractivity contribution in [3.05, 3.63) is 58.7 Å². The van der Waals surface area contributed by atoms with Crippen molar-refractivity contribution >= 4 is 49.4 Å². The quantitative estimate of drug-likeness (QED) is 0.663. The van der Waals surface area contributed by atoms with E-state index >= 15 is 0 Å². The molecule has 1 aromatic heterocycles. The third-order valence-corrected chi connectivity index (χ3v) is 5.80. The summed E-state index contributed by atoms with van der Waals surface area (Å²) < 4.78 is 27.5. The lowest BCUT2D eigenvalue weighted by molar-refractivity contribution is 0.426. The van der Waals surface area contributed by atoms with Crippen LogP contribution in [0.15, 0.2) is 58.0 Å². The Balaban J connectivity index is 2.29. The van der Waals surface area contributed by atoms with Crippen molar-refractivity contribution in [1.82, 2.24) is 3.97 Å². The van der Waals surface area contributed by atoms with Gasteiger partial charge in [-0.25, -0.2) is 12.4 Å². The van der Waals surface area contributed by atoms with Gasteiger partial charge in [-0.1, -0.05) is 33.6 Å². The largest absolute Gasteiger partial charge is 0.490 e. The zero-order valence-corrected chi connectivity index (χ0v) is 14.5. The topological polar surface area (TPSA) is 79.5 Å². The Morgan fingerprint density at radius 1 is 1.09 bits per heavy atom. The number of aryl methyl sites for hydroxylation is 1. The molecular weight excluding hydrogens is 381 g/mol. The highest BCUT2D eigenvalue weighted by molar-refractivity contribution is 9.10. The molecule has 0 amide bonds. The van der Waals surface area contributed by atoms with E-state index in [4.69, 9.17) is 0 Å². The average molecular weight is 394 g/mol. The molecule has 3 aromatic rings. The Hall–Kier alpha value is -1.61. The number of hydrogen-bond donors (Lipinski definition) is 2. The average Bonchev–Trinajstić information content (AvgIpc) is 2.87. The van der Waals surface area contributed by atoms with Gasteiger partial charge in [0.2, 0.25) is 0 Å². The Kier molecular flexibility index (Phi) is 4.09. The van der Waals surface area contributed by atoms with E-state index < -0.39 is 17.1 Å². The minimum atomic E-state index is -3.83. The summed E-state index contributed by atoms with van der Waals surface area (Å²) in [6.45, 7) is 1.87. The van der Waals surface area contributed by atoms with Gasteiger partial charge in [-0.15, -0.1) is 0 Å². The number of nitrogens with zero attached hydrogens (tertiary/aromatic N) is 1. The summed E-state index contributed by atoms with van der Waals surface area (Å²) in [6.07, 6.45) is 1.25. The molecule has 2 N–H and O–H groups in total. The Labute approximate surface area is 142 Å². The number of aromatic nitrogens is 1. The first-order valence-electron chi connectivity index (χ1n) is 6.79. The molecule has 0 aliphatic rings. The van der Waals surface area contributed by atoms with Crippen LogP contribution in [0.5, 0.6) is 0 Å². The molecule has 2 aromatic carbocycles. The van der Waals surface area contributed by atoms with Crippen molar-refractivity contribution in [1.29, 1.82) is 0 Å². The van der Waals surface area contributed by atoms with Crippen LogP contribution in [0.3, 0.4) is 0 Å². The summed E-state index contributed by atoms with van der Waals surface area (Å²) in [4.78, 5) is 0.141. The standard InChI is InChI=1S/C15H13BBrNO4S/c1-10-2-5-12(6-3-10)23(21,22)18-9-14(16(19)20)13-8-11(17)4-7-15(13)18/h2-9,19-20H,1H3. The second kappa shape index (κ2) is 5.79. The van der Waals surface area contributed by atoms with Crippen molar-refractivity contribution in [3.8, 4) is 0 Å². The van der Waals surface area contributed by atoms with Crippen LogP contribution in [0.4, 0.5) is 0 Å². The van der Waals surface area contributed by atoms with Crippen LogP contribution in [-0.4, -0.2) is 29.6 Å². The Bertz CT molecular complexity index is 981. The number of rotatable bonds is 3. The predicted molar refractivity (Wildman–Crippen MR) is 93.2 cm³/mol. The Morgan fingerprint density at radius 3 is 2.35 bits per heavy atom. The predicted octanol–water partition coefficient (Wildman–Crippen LogP) is 1.63. The van der Waals surface area contributed by atoms with Crippen LogP contribution in [-0.2, 0) is 10.0 Å². The smallest absolute Gasteiger partial charge is 0.423 e. The van der Waals surface area contributed by atoms with Gasteiger partial charge in [-0.05, 0) is 37.3 Å². The molecule has 3 rings (SSSR count). The van der Waals surface area contributed by atoms with E-state index in [1.807, 2.05) is 6.92 Å². The lowest BCUT2D eigenvalue weighted by Crippen LogP contribution is -2.29. The van der Waals surface area contributed by atoms with Crippen molar-refractivity contribution in [3.63, 3.8) is 0 Å². The van der Waals surface area contributed by atoms with Gasteiger partial charge in [0.05, 0.1) is 10.4 Å². The van der Waals surface area contributed by atoms with Crippen LogP contribution in [0, 0.1) is 6.92 Å². The molecule has 0 spiro atoms. The minimum Gasteiger partial charge on any atom is -0.423 e. The van der Waals surface area contributed by atoms with E-state index in [2.05, 4.69) is 15.9 Å². The molecule has 0 unspecified atom stereocenters. The van der Waals surface area contributed by atoms with Crippen LogP contribution in [0.25, 0.3) is 10.9 Å². The highest BCUT2D eigenvalue weighted by atomic mass is 79.9. The second-order valence-electron chi connectivity index (χ2n) is 5.23. The molecular formula is C15H13BBrNO4S. The number of fused-ring (bicyclic) bond motifs is 1. The first-order chi connectivity index (χ1) is 10.8. The summed E-state index contributed by atoms with van der Waals surface area (Å²) >= 11 is 3.31.